The standard InChI is InChI=1S/C12H13N3O4/c1-7(11(16)17)13-12-14-10(15-19-12)8-3-5-9(18-2)6-4-8/h3-7H,1-2H3,(H,16,17)(H,13,14,15)/t7-/m1/s1. The number of carbonyl (C=O) groups is 1. The lowest BCUT2D eigenvalue weighted by molar-refractivity contribution is -0.137. The van der Waals surface area contributed by atoms with Gasteiger partial charge < -0.3 is 19.7 Å². The van der Waals surface area contributed by atoms with Crippen molar-refractivity contribution < 1.29 is 19.2 Å². The van der Waals surface area contributed by atoms with Gasteiger partial charge in [0.2, 0.25) is 5.82 Å². The molecule has 0 aliphatic rings. The van der Waals surface area contributed by atoms with Crippen molar-refractivity contribution in [1.29, 1.82) is 0 Å². The summed E-state index contributed by atoms with van der Waals surface area (Å²) in [6, 6.07) is 6.39. The second-order valence-corrected chi connectivity index (χ2v) is 3.86. The summed E-state index contributed by atoms with van der Waals surface area (Å²) >= 11 is 0. The van der Waals surface area contributed by atoms with Crippen molar-refractivity contribution in [1.82, 2.24) is 10.1 Å². The third-order valence-corrected chi connectivity index (χ3v) is 2.48. The molecule has 2 aromatic rings. The zero-order valence-electron chi connectivity index (χ0n) is 10.5. The van der Waals surface area contributed by atoms with Crippen molar-refractivity contribution in [3.8, 4) is 17.1 Å². The molecule has 7 nitrogen and oxygen atoms in total. The van der Waals surface area contributed by atoms with E-state index < -0.39 is 12.0 Å². The van der Waals surface area contributed by atoms with Gasteiger partial charge in [0.05, 0.1) is 7.11 Å². The minimum atomic E-state index is -0.996. The van der Waals surface area contributed by atoms with Crippen LogP contribution in [-0.2, 0) is 4.79 Å². The molecule has 1 aromatic carbocycles. The van der Waals surface area contributed by atoms with Crippen LogP contribution in [0.2, 0.25) is 0 Å². The second kappa shape index (κ2) is 5.38. The van der Waals surface area contributed by atoms with Crippen LogP contribution >= 0.6 is 0 Å². The summed E-state index contributed by atoms with van der Waals surface area (Å²) in [7, 11) is 1.58. The van der Waals surface area contributed by atoms with E-state index in [0.717, 1.165) is 11.3 Å². The van der Waals surface area contributed by atoms with Gasteiger partial charge in [-0.1, -0.05) is 5.16 Å². The predicted molar refractivity (Wildman–Crippen MR) is 67.0 cm³/mol. The summed E-state index contributed by atoms with van der Waals surface area (Å²) in [6.07, 6.45) is 0. The maximum absolute atomic E-state index is 10.7. The fraction of sp³-hybridized carbons (Fsp3) is 0.250. The van der Waals surface area contributed by atoms with Gasteiger partial charge in [-0.05, 0) is 31.2 Å². The fourth-order valence-electron chi connectivity index (χ4n) is 1.39. The smallest absolute Gasteiger partial charge is 0.325 e. The first-order chi connectivity index (χ1) is 9.10. The van der Waals surface area contributed by atoms with E-state index in [0.29, 0.717) is 5.82 Å². The molecule has 0 aliphatic carbocycles. The number of methoxy groups -OCH3 is 1. The third-order valence-electron chi connectivity index (χ3n) is 2.48. The third kappa shape index (κ3) is 3.01. The summed E-state index contributed by atoms with van der Waals surface area (Å²) in [6.45, 7) is 1.49. The van der Waals surface area contributed by atoms with Crippen LogP contribution in [0.25, 0.3) is 11.4 Å². The Hall–Kier alpha value is -2.57. The lowest BCUT2D eigenvalue weighted by Crippen LogP contribution is -2.25. The van der Waals surface area contributed by atoms with E-state index in [2.05, 4.69) is 15.5 Å². The molecule has 0 saturated heterocycles. The molecule has 1 atom stereocenters. The predicted octanol–water partition coefficient (Wildman–Crippen LogP) is 1.63. The van der Waals surface area contributed by atoms with E-state index in [1.807, 2.05) is 0 Å². The molecule has 100 valence electrons. The van der Waals surface area contributed by atoms with Gasteiger partial charge in [-0.25, -0.2) is 0 Å². The van der Waals surface area contributed by atoms with Crippen LogP contribution in [0.15, 0.2) is 28.8 Å². The van der Waals surface area contributed by atoms with E-state index in [1.165, 1.54) is 6.92 Å². The quantitative estimate of drug-likeness (QED) is 0.845. The number of aromatic nitrogens is 2. The van der Waals surface area contributed by atoms with Gasteiger partial charge in [-0.2, -0.15) is 4.98 Å². The number of hydrogen-bond acceptors (Lipinski definition) is 6. The molecule has 0 amide bonds. The Morgan fingerprint density at radius 2 is 2.11 bits per heavy atom. The highest BCUT2D eigenvalue weighted by Crippen LogP contribution is 2.21. The summed E-state index contributed by atoms with van der Waals surface area (Å²) in [5.41, 5.74) is 0.751. The van der Waals surface area contributed by atoms with Gasteiger partial charge >= 0.3 is 12.0 Å². The number of hydrogen-bond donors (Lipinski definition) is 2. The molecule has 1 heterocycles. The molecule has 0 unspecified atom stereocenters. The van der Waals surface area contributed by atoms with Crippen molar-refractivity contribution in [3.63, 3.8) is 0 Å². The second-order valence-electron chi connectivity index (χ2n) is 3.86. The molecule has 0 radical (unpaired) electrons. The Kier molecular flexibility index (Phi) is 3.65. The van der Waals surface area contributed by atoms with Crippen LogP contribution in [0.4, 0.5) is 6.01 Å². The lowest BCUT2D eigenvalue weighted by Gasteiger charge is -2.04. The zero-order valence-corrected chi connectivity index (χ0v) is 10.5. The number of nitrogens with zero attached hydrogens (tertiary/aromatic N) is 2. The number of benzene rings is 1. The number of rotatable bonds is 5. The summed E-state index contributed by atoms with van der Waals surface area (Å²) in [5.74, 6) is 0.108. The van der Waals surface area contributed by atoms with Crippen molar-refractivity contribution in [2.75, 3.05) is 12.4 Å². The Morgan fingerprint density at radius 3 is 2.68 bits per heavy atom. The van der Waals surface area contributed by atoms with Gasteiger partial charge in [0, 0.05) is 5.56 Å². The summed E-state index contributed by atoms with van der Waals surface area (Å²) < 4.78 is 9.98. The molecule has 7 heteroatoms. The summed E-state index contributed by atoms with van der Waals surface area (Å²) in [4.78, 5) is 14.8. The SMILES string of the molecule is COc1ccc(-c2noc(N[C@H](C)C(=O)O)n2)cc1. The van der Waals surface area contributed by atoms with Crippen LogP contribution < -0.4 is 10.1 Å². The monoisotopic (exact) mass is 263 g/mol. The molecular weight excluding hydrogens is 250 g/mol. The average molecular weight is 263 g/mol. The molecule has 0 aliphatic heterocycles. The van der Waals surface area contributed by atoms with Crippen LogP contribution in [0, 0.1) is 0 Å². The van der Waals surface area contributed by atoms with E-state index in [-0.39, 0.29) is 6.01 Å². The van der Waals surface area contributed by atoms with Crippen molar-refractivity contribution in [2.45, 2.75) is 13.0 Å². The number of anilines is 1. The van der Waals surface area contributed by atoms with Crippen LogP contribution in [-0.4, -0.2) is 34.4 Å². The van der Waals surface area contributed by atoms with Gasteiger partial charge in [0.15, 0.2) is 0 Å². The first-order valence-electron chi connectivity index (χ1n) is 5.57. The molecule has 0 fully saturated rings. The van der Waals surface area contributed by atoms with Crippen LogP contribution in [0.1, 0.15) is 6.92 Å². The van der Waals surface area contributed by atoms with Crippen molar-refractivity contribution in [3.05, 3.63) is 24.3 Å². The highest BCUT2D eigenvalue weighted by molar-refractivity contribution is 5.75. The minimum Gasteiger partial charge on any atom is -0.497 e. The highest BCUT2D eigenvalue weighted by atomic mass is 16.5. The number of aliphatic carboxylic acids is 1. The Bertz CT molecular complexity index is 565. The molecule has 0 spiro atoms. The first-order valence-corrected chi connectivity index (χ1v) is 5.57. The van der Waals surface area contributed by atoms with Gasteiger partial charge in [-0.15, -0.1) is 0 Å². The van der Waals surface area contributed by atoms with Gasteiger partial charge in [0.1, 0.15) is 11.8 Å². The van der Waals surface area contributed by atoms with E-state index in [9.17, 15) is 4.79 Å². The fourth-order valence-corrected chi connectivity index (χ4v) is 1.39. The van der Waals surface area contributed by atoms with Gasteiger partial charge in [-0.3, -0.25) is 4.79 Å². The molecular formula is C12H13N3O4. The van der Waals surface area contributed by atoms with E-state index >= 15 is 0 Å². The molecule has 2 N–H and O–H groups in total. The molecule has 0 bridgehead atoms. The topological polar surface area (TPSA) is 97.5 Å². The summed E-state index contributed by atoms with van der Waals surface area (Å²) in [5, 5.41) is 15.1. The molecule has 0 saturated carbocycles. The minimum absolute atomic E-state index is 0.0701. The van der Waals surface area contributed by atoms with Gasteiger partial charge in [0.25, 0.3) is 0 Å². The van der Waals surface area contributed by atoms with Crippen molar-refractivity contribution in [2.24, 2.45) is 0 Å². The molecule has 2 rings (SSSR count). The maximum Gasteiger partial charge on any atom is 0.325 e. The van der Waals surface area contributed by atoms with E-state index in [4.69, 9.17) is 14.4 Å². The molecule has 19 heavy (non-hydrogen) atoms. The lowest BCUT2D eigenvalue weighted by atomic mass is 10.2. The Morgan fingerprint density at radius 1 is 1.42 bits per heavy atom. The molecule has 1 aromatic heterocycles. The van der Waals surface area contributed by atoms with Crippen molar-refractivity contribution >= 4 is 12.0 Å². The average Bonchev–Trinajstić information content (AvgIpc) is 2.87. The Balaban J connectivity index is 2.13. The first kappa shape index (κ1) is 12.9. The number of ether oxygens (including phenoxy) is 1. The van der Waals surface area contributed by atoms with E-state index in [1.54, 1.807) is 31.4 Å². The Labute approximate surface area is 109 Å². The van der Waals surface area contributed by atoms with Crippen LogP contribution in [0.3, 0.4) is 0 Å². The number of nitrogens with one attached hydrogen (secondary N) is 1. The normalized spacial score (nSPS) is 11.9. The number of carboxylic acid groups (broad SMARTS) is 1. The highest BCUT2D eigenvalue weighted by Gasteiger charge is 2.15. The number of carboxylic acids is 1. The maximum atomic E-state index is 10.7. The largest absolute Gasteiger partial charge is 0.497 e. The van der Waals surface area contributed by atoms with Crippen LogP contribution in [0.5, 0.6) is 5.75 Å². The zero-order chi connectivity index (χ0) is 13.8.